The molecule has 1 aromatic rings. The summed E-state index contributed by atoms with van der Waals surface area (Å²) in [5.74, 6) is 0. The van der Waals surface area contributed by atoms with Gasteiger partial charge in [-0.3, -0.25) is 0 Å². The molecule has 0 saturated carbocycles. The molecule has 1 nitrogen and oxygen atoms in total. The fourth-order valence-electron chi connectivity index (χ4n) is 1.60. The van der Waals surface area contributed by atoms with E-state index in [1.54, 1.807) is 7.11 Å². The Morgan fingerprint density at radius 1 is 1.13 bits per heavy atom. The maximum absolute atomic E-state index is 5.99. The number of rotatable bonds is 2. The maximum Gasteiger partial charge on any atom is 0.141 e. The van der Waals surface area contributed by atoms with Crippen LogP contribution >= 0.6 is 11.6 Å². The number of halogens is 1. The summed E-state index contributed by atoms with van der Waals surface area (Å²) in [5.41, 5.74) is 2.45. The van der Waals surface area contributed by atoms with Crippen molar-refractivity contribution in [1.29, 1.82) is 0 Å². The number of benzene rings is 1. The number of hydrogen-bond donors (Lipinski definition) is 0. The maximum atomic E-state index is 5.99. The van der Waals surface area contributed by atoms with Crippen LogP contribution in [0.2, 0.25) is 0 Å². The van der Waals surface area contributed by atoms with Crippen molar-refractivity contribution < 1.29 is 4.74 Å². The summed E-state index contributed by atoms with van der Waals surface area (Å²) in [4.78, 5) is 0. The van der Waals surface area contributed by atoms with Gasteiger partial charge >= 0.3 is 0 Å². The zero-order valence-electron chi connectivity index (χ0n) is 8.53. The lowest BCUT2D eigenvalue weighted by Crippen LogP contribution is -2.05. The SMILES string of the molecule is CO[C]1CC(c2ccccc2)=CC=C1Cl. The molecule has 0 saturated heterocycles. The standard InChI is InChI=1S/C13H12ClO/c1-15-13-9-11(7-8-12(13)14)10-5-3-2-4-6-10/h2-8H,9H2,1H3. The van der Waals surface area contributed by atoms with Crippen LogP contribution in [-0.2, 0) is 4.74 Å². The summed E-state index contributed by atoms with van der Waals surface area (Å²) < 4.78 is 5.23. The molecule has 0 N–H and O–H groups in total. The molecule has 1 aliphatic carbocycles. The summed E-state index contributed by atoms with van der Waals surface area (Å²) >= 11 is 5.99. The molecule has 0 atom stereocenters. The smallest absolute Gasteiger partial charge is 0.141 e. The highest BCUT2D eigenvalue weighted by atomic mass is 35.5. The molecule has 2 rings (SSSR count). The van der Waals surface area contributed by atoms with Crippen LogP contribution in [-0.4, -0.2) is 7.11 Å². The third-order valence-electron chi connectivity index (χ3n) is 2.44. The van der Waals surface area contributed by atoms with Crippen molar-refractivity contribution in [1.82, 2.24) is 0 Å². The molecule has 0 aliphatic heterocycles. The molecule has 2 heteroatoms. The second-order valence-electron chi connectivity index (χ2n) is 3.38. The fraction of sp³-hybridized carbons (Fsp3) is 0.154. The van der Waals surface area contributed by atoms with Gasteiger partial charge in [0.05, 0.1) is 5.03 Å². The van der Waals surface area contributed by atoms with Gasteiger partial charge in [0.25, 0.3) is 0 Å². The topological polar surface area (TPSA) is 9.23 Å². The van der Waals surface area contributed by atoms with Crippen LogP contribution in [0.4, 0.5) is 0 Å². The molecule has 0 fully saturated rings. The monoisotopic (exact) mass is 219 g/mol. The van der Waals surface area contributed by atoms with Crippen molar-refractivity contribution in [3.63, 3.8) is 0 Å². The molecule has 0 bridgehead atoms. The molecule has 0 heterocycles. The highest BCUT2D eigenvalue weighted by Crippen LogP contribution is 2.34. The van der Waals surface area contributed by atoms with E-state index in [2.05, 4.69) is 12.1 Å². The van der Waals surface area contributed by atoms with E-state index in [-0.39, 0.29) is 0 Å². The van der Waals surface area contributed by atoms with Gasteiger partial charge in [-0.25, -0.2) is 0 Å². The van der Waals surface area contributed by atoms with Crippen molar-refractivity contribution in [3.8, 4) is 0 Å². The van der Waals surface area contributed by atoms with Crippen LogP contribution in [0, 0.1) is 6.10 Å². The molecule has 0 amide bonds. The summed E-state index contributed by atoms with van der Waals surface area (Å²) in [7, 11) is 1.65. The first-order valence-electron chi connectivity index (χ1n) is 4.83. The Hall–Kier alpha value is -1.05. The molecule has 1 aliphatic rings. The first-order chi connectivity index (χ1) is 7.31. The Morgan fingerprint density at radius 2 is 1.87 bits per heavy atom. The van der Waals surface area contributed by atoms with E-state index in [0.29, 0.717) is 5.03 Å². The second-order valence-corrected chi connectivity index (χ2v) is 3.78. The van der Waals surface area contributed by atoms with Crippen LogP contribution in [0.1, 0.15) is 12.0 Å². The third kappa shape index (κ3) is 2.31. The Bertz CT molecular complexity index is 392. The quantitative estimate of drug-likeness (QED) is 0.736. The van der Waals surface area contributed by atoms with Crippen LogP contribution < -0.4 is 0 Å². The normalized spacial score (nSPS) is 17.2. The van der Waals surface area contributed by atoms with Gasteiger partial charge in [-0.05, 0) is 17.2 Å². The van der Waals surface area contributed by atoms with Crippen molar-refractivity contribution in [3.05, 3.63) is 59.2 Å². The van der Waals surface area contributed by atoms with E-state index in [0.717, 1.165) is 12.5 Å². The number of allylic oxidation sites excluding steroid dienone is 2. The lowest BCUT2D eigenvalue weighted by Gasteiger charge is -2.19. The number of methoxy groups -OCH3 is 1. The Balaban J connectivity index is 2.26. The van der Waals surface area contributed by atoms with E-state index in [9.17, 15) is 0 Å². The summed E-state index contributed by atoms with van der Waals surface area (Å²) in [5, 5.41) is 0.692. The molecular weight excluding hydrogens is 208 g/mol. The molecule has 77 valence electrons. The average molecular weight is 220 g/mol. The van der Waals surface area contributed by atoms with E-state index >= 15 is 0 Å². The lowest BCUT2D eigenvalue weighted by atomic mass is 9.96. The van der Waals surface area contributed by atoms with Crippen LogP contribution in [0.3, 0.4) is 0 Å². The molecule has 0 spiro atoms. The first-order valence-corrected chi connectivity index (χ1v) is 5.21. The average Bonchev–Trinajstić information content (AvgIpc) is 2.31. The molecular formula is C13H12ClO. The molecule has 0 unspecified atom stereocenters. The van der Waals surface area contributed by atoms with Gasteiger partial charge < -0.3 is 4.74 Å². The van der Waals surface area contributed by atoms with E-state index in [4.69, 9.17) is 16.3 Å². The minimum absolute atomic E-state index is 0.692. The van der Waals surface area contributed by atoms with Gasteiger partial charge in [0.2, 0.25) is 0 Å². The Kier molecular flexibility index (Phi) is 3.24. The number of hydrogen-bond acceptors (Lipinski definition) is 1. The predicted octanol–water partition coefficient (Wildman–Crippen LogP) is 3.77. The van der Waals surface area contributed by atoms with Crippen molar-refractivity contribution in [2.45, 2.75) is 6.42 Å². The summed E-state index contributed by atoms with van der Waals surface area (Å²) in [6.07, 6.45) is 5.51. The van der Waals surface area contributed by atoms with Crippen molar-refractivity contribution >= 4 is 17.2 Å². The van der Waals surface area contributed by atoms with Crippen LogP contribution in [0.5, 0.6) is 0 Å². The lowest BCUT2D eigenvalue weighted by molar-refractivity contribution is 0.228. The Labute approximate surface area is 95.0 Å². The predicted molar refractivity (Wildman–Crippen MR) is 63.2 cm³/mol. The Morgan fingerprint density at radius 3 is 2.53 bits per heavy atom. The highest BCUT2D eigenvalue weighted by Gasteiger charge is 2.19. The van der Waals surface area contributed by atoms with Gasteiger partial charge in [0, 0.05) is 13.5 Å². The molecule has 15 heavy (non-hydrogen) atoms. The minimum Gasteiger partial charge on any atom is -0.369 e. The number of ether oxygens (including phenoxy) is 1. The zero-order valence-corrected chi connectivity index (χ0v) is 9.29. The van der Waals surface area contributed by atoms with E-state index in [1.807, 2.05) is 30.4 Å². The van der Waals surface area contributed by atoms with Crippen LogP contribution in [0.25, 0.3) is 5.57 Å². The van der Waals surface area contributed by atoms with Crippen molar-refractivity contribution in [2.75, 3.05) is 7.11 Å². The van der Waals surface area contributed by atoms with E-state index < -0.39 is 0 Å². The minimum atomic E-state index is 0.692. The largest absolute Gasteiger partial charge is 0.369 e. The first kappa shape index (κ1) is 10.5. The van der Waals surface area contributed by atoms with E-state index in [1.165, 1.54) is 11.1 Å². The fourth-order valence-corrected chi connectivity index (χ4v) is 1.81. The van der Waals surface area contributed by atoms with Gasteiger partial charge in [0.15, 0.2) is 0 Å². The van der Waals surface area contributed by atoms with Crippen molar-refractivity contribution in [2.24, 2.45) is 0 Å². The zero-order chi connectivity index (χ0) is 10.7. The summed E-state index contributed by atoms with van der Waals surface area (Å²) in [6.45, 7) is 0. The second kappa shape index (κ2) is 4.65. The van der Waals surface area contributed by atoms with Crippen LogP contribution in [0.15, 0.2) is 47.5 Å². The summed E-state index contributed by atoms with van der Waals surface area (Å²) in [6, 6.07) is 10.3. The molecule has 0 aromatic heterocycles. The highest BCUT2D eigenvalue weighted by molar-refractivity contribution is 6.31. The van der Waals surface area contributed by atoms with Gasteiger partial charge in [-0.1, -0.05) is 48.0 Å². The third-order valence-corrected chi connectivity index (χ3v) is 2.78. The molecule has 1 radical (unpaired) electrons. The molecule has 1 aromatic carbocycles. The van der Waals surface area contributed by atoms with Gasteiger partial charge in [-0.2, -0.15) is 0 Å². The van der Waals surface area contributed by atoms with Gasteiger partial charge in [0.1, 0.15) is 6.10 Å². The van der Waals surface area contributed by atoms with Gasteiger partial charge in [-0.15, -0.1) is 0 Å².